The molecule has 0 aromatic heterocycles. The van der Waals surface area contributed by atoms with Crippen molar-refractivity contribution in [1.29, 1.82) is 0 Å². The van der Waals surface area contributed by atoms with Crippen LogP contribution in [0.25, 0.3) is 0 Å². The van der Waals surface area contributed by atoms with Gasteiger partial charge in [0.05, 0.1) is 0 Å². The second kappa shape index (κ2) is 2.60. The van der Waals surface area contributed by atoms with E-state index in [1.807, 2.05) is 0 Å². The monoisotopic (exact) mass is 256 g/mol. The molecule has 5 heteroatoms. The van der Waals surface area contributed by atoms with Crippen LogP contribution in [-0.2, 0) is 0 Å². The molecule has 0 N–H and O–H groups in total. The van der Waals surface area contributed by atoms with Crippen LogP contribution in [0.2, 0.25) is 0 Å². The Morgan fingerprint density at radius 1 is 1.43 bits per heavy atom. The van der Waals surface area contributed by atoms with Gasteiger partial charge in [-0.3, -0.25) is 0 Å². The van der Waals surface area contributed by atoms with E-state index in [9.17, 15) is 8.78 Å². The molecule has 0 aliphatic heterocycles. The van der Waals surface area contributed by atoms with Crippen molar-refractivity contribution >= 4 is 43.5 Å². The maximum atomic E-state index is 11.5. The van der Waals surface area contributed by atoms with E-state index in [0.717, 1.165) is 0 Å². The van der Waals surface area contributed by atoms with Gasteiger partial charge in [-0.2, -0.15) is 8.78 Å². The van der Waals surface area contributed by atoms with Gasteiger partial charge in [-0.05, 0) is 11.6 Å². The zero-order chi connectivity index (χ0) is 6.08. The predicted octanol–water partition coefficient (Wildman–Crippen LogP) is 2.93. The molecule has 0 aromatic carbocycles. The highest BCUT2D eigenvalue weighted by Crippen LogP contribution is 2.32. The predicted molar refractivity (Wildman–Crippen MR) is 32.4 cm³/mol. The number of halogens is 5. The van der Waals surface area contributed by atoms with Gasteiger partial charge in [0.15, 0.2) is 0 Å². The van der Waals surface area contributed by atoms with E-state index in [2.05, 4.69) is 43.5 Å². The zero-order valence-electron chi connectivity index (χ0n) is 2.97. The van der Waals surface area contributed by atoms with E-state index in [4.69, 9.17) is 0 Å². The molecule has 0 saturated heterocycles. The fraction of sp³-hybridized carbons (Fsp3) is 1.00. The molecule has 0 aliphatic rings. The number of rotatable bonds is 1. The summed E-state index contributed by atoms with van der Waals surface area (Å²) >= 11 is 9.50. The average Bonchev–Trinajstić information content (AvgIpc) is 1.31. The number of alkyl halides is 5. The highest BCUT2D eigenvalue weighted by molar-refractivity contribution is 9.24. The molecule has 0 bridgehead atoms. The molecule has 0 unspecified atom stereocenters. The first-order valence-corrected chi connectivity index (χ1v) is 3.50. The molecule has 0 aliphatic carbocycles. The van der Waals surface area contributed by atoms with Gasteiger partial charge in [0.1, 0.15) is 3.74 Å². The minimum Gasteiger partial charge on any atom is -0.186 e. The van der Waals surface area contributed by atoms with Crippen LogP contribution >= 0.6 is 43.5 Å². The largest absolute Gasteiger partial charge is 0.343 e. The Labute approximate surface area is 61.5 Å². The Bertz CT molecular complexity index is 59.2. The van der Waals surface area contributed by atoms with Crippen molar-refractivity contribution < 1.29 is 8.78 Å². The van der Waals surface area contributed by atoms with Crippen LogP contribution in [-0.4, -0.2) is 9.12 Å². The van der Waals surface area contributed by atoms with Gasteiger partial charge in [0.25, 0.3) is 0 Å². The summed E-state index contributed by atoms with van der Waals surface area (Å²) in [6.07, 6.45) is 0. The molecular weight excluding hydrogens is 257 g/mol. The molecule has 44 valence electrons. The molecule has 0 atom stereocenters. The quantitative estimate of drug-likeness (QED) is 0.634. The molecule has 0 heterocycles. The average molecular weight is 258 g/mol. The third-order valence-corrected chi connectivity index (χ3v) is 2.14. The van der Waals surface area contributed by atoms with Crippen molar-refractivity contribution in [1.82, 2.24) is 0 Å². The van der Waals surface area contributed by atoms with Crippen molar-refractivity contribution in [2.75, 3.05) is 0 Å². The molecule has 0 amide bonds. The van der Waals surface area contributed by atoms with Crippen LogP contribution in [0.3, 0.4) is 0 Å². The van der Waals surface area contributed by atoms with Crippen LogP contribution in [0.1, 0.15) is 0 Å². The van der Waals surface area contributed by atoms with Gasteiger partial charge in [0, 0.05) is 0 Å². The standard InChI is InChI=1S/C2HBr2ClF2/c3-1(4)2(5,6)7/h1H. The Morgan fingerprint density at radius 3 is 1.57 bits per heavy atom. The maximum Gasteiger partial charge on any atom is 0.343 e. The fourth-order valence-corrected chi connectivity index (χ4v) is 0. The third kappa shape index (κ3) is 3.67. The van der Waals surface area contributed by atoms with Crippen LogP contribution in [0, 0.1) is 0 Å². The minimum atomic E-state index is -3.19. The highest BCUT2D eigenvalue weighted by Gasteiger charge is 2.32. The second-order valence-corrected chi connectivity index (χ2v) is 4.41. The van der Waals surface area contributed by atoms with E-state index in [0.29, 0.717) is 0 Å². The molecule has 0 spiro atoms. The number of hydrogen-bond donors (Lipinski definition) is 0. The molecule has 0 rings (SSSR count). The van der Waals surface area contributed by atoms with Gasteiger partial charge in [-0.25, -0.2) is 0 Å². The molecule has 7 heavy (non-hydrogen) atoms. The Morgan fingerprint density at radius 2 is 1.57 bits per heavy atom. The van der Waals surface area contributed by atoms with E-state index >= 15 is 0 Å². The smallest absolute Gasteiger partial charge is 0.186 e. The summed E-state index contributed by atoms with van der Waals surface area (Å²) < 4.78 is 21.9. The Hall–Kier alpha value is 1.11. The first-order chi connectivity index (χ1) is 2.94. The zero-order valence-corrected chi connectivity index (χ0v) is 6.90. The van der Waals surface area contributed by atoms with Crippen molar-refractivity contribution in [3.05, 3.63) is 0 Å². The fourth-order valence-electron chi connectivity index (χ4n) is 0. The summed E-state index contributed by atoms with van der Waals surface area (Å²) in [4.78, 5) is 0. The molecule has 0 nitrogen and oxygen atoms in total. The molecular formula is C2HBr2ClF2. The Kier molecular flexibility index (Phi) is 3.01. The van der Waals surface area contributed by atoms with Gasteiger partial charge >= 0.3 is 5.38 Å². The summed E-state index contributed by atoms with van der Waals surface area (Å²) in [6, 6.07) is 0. The van der Waals surface area contributed by atoms with E-state index < -0.39 is 9.12 Å². The summed E-state index contributed by atoms with van der Waals surface area (Å²) in [5.74, 6) is 0. The van der Waals surface area contributed by atoms with Crippen molar-refractivity contribution in [2.45, 2.75) is 9.12 Å². The summed E-state index contributed by atoms with van der Waals surface area (Å²) in [5.41, 5.74) is 0. The molecule has 0 radical (unpaired) electrons. The summed E-state index contributed by atoms with van der Waals surface area (Å²) in [6.45, 7) is 0. The molecule has 0 aromatic rings. The maximum absolute atomic E-state index is 11.5. The van der Waals surface area contributed by atoms with E-state index in [-0.39, 0.29) is 0 Å². The first-order valence-electron chi connectivity index (χ1n) is 1.29. The van der Waals surface area contributed by atoms with Gasteiger partial charge in [-0.15, -0.1) is 0 Å². The van der Waals surface area contributed by atoms with Crippen LogP contribution in [0.15, 0.2) is 0 Å². The normalized spacial score (nSPS) is 12.9. The highest BCUT2D eigenvalue weighted by atomic mass is 79.9. The topological polar surface area (TPSA) is 0 Å². The summed E-state index contributed by atoms with van der Waals surface area (Å²) in [5, 5.41) is -3.19. The van der Waals surface area contributed by atoms with E-state index in [1.54, 1.807) is 0 Å². The molecule has 0 saturated carbocycles. The second-order valence-electron chi connectivity index (χ2n) is 0.842. The first kappa shape index (κ1) is 8.11. The summed E-state index contributed by atoms with van der Waals surface area (Å²) in [7, 11) is 0. The van der Waals surface area contributed by atoms with Gasteiger partial charge in [-0.1, -0.05) is 31.9 Å². The lowest BCUT2D eigenvalue weighted by molar-refractivity contribution is 0.119. The third-order valence-electron chi connectivity index (χ3n) is 0.247. The minimum absolute atomic E-state index is 1.14. The van der Waals surface area contributed by atoms with Crippen LogP contribution < -0.4 is 0 Å². The SMILES string of the molecule is FC(F)(Cl)C(Br)Br. The lowest BCUT2D eigenvalue weighted by atomic mass is 10.8. The van der Waals surface area contributed by atoms with Gasteiger partial charge in [0.2, 0.25) is 0 Å². The lowest BCUT2D eigenvalue weighted by Crippen LogP contribution is -2.13. The van der Waals surface area contributed by atoms with Crippen molar-refractivity contribution in [3.63, 3.8) is 0 Å². The van der Waals surface area contributed by atoms with Crippen LogP contribution in [0.5, 0.6) is 0 Å². The van der Waals surface area contributed by atoms with Gasteiger partial charge < -0.3 is 0 Å². The molecule has 0 fully saturated rings. The van der Waals surface area contributed by atoms with Crippen molar-refractivity contribution in [2.24, 2.45) is 0 Å². The van der Waals surface area contributed by atoms with Crippen molar-refractivity contribution in [3.8, 4) is 0 Å². The Balaban J connectivity index is 3.54. The number of hydrogen-bond acceptors (Lipinski definition) is 0. The lowest BCUT2D eigenvalue weighted by Gasteiger charge is -2.06. The van der Waals surface area contributed by atoms with Crippen LogP contribution in [0.4, 0.5) is 8.78 Å². The van der Waals surface area contributed by atoms with E-state index in [1.165, 1.54) is 0 Å².